The fraction of sp³-hybridized carbons (Fsp3) is 0.692. The van der Waals surface area contributed by atoms with E-state index in [0.717, 1.165) is 5.57 Å². The minimum Gasteiger partial charge on any atom is -0.461 e. The number of hydrogen-bond acceptors (Lipinski definition) is 8. The molecule has 4 aliphatic carbocycles. The van der Waals surface area contributed by atoms with Crippen LogP contribution in [-0.4, -0.2) is 52.7 Å². The molecule has 0 radical (unpaired) electrons. The fourth-order valence-electron chi connectivity index (χ4n) is 7.36. The Hall–Kier alpha value is -2.48. The van der Waals surface area contributed by atoms with E-state index in [-0.39, 0.29) is 18.3 Å². The van der Waals surface area contributed by atoms with Gasteiger partial charge in [-0.05, 0) is 24.5 Å². The molecular weight excluding hydrogens is 440 g/mol. The van der Waals surface area contributed by atoms with Gasteiger partial charge in [-0.2, -0.15) is 0 Å². The van der Waals surface area contributed by atoms with Crippen molar-refractivity contribution in [2.75, 3.05) is 6.61 Å². The first-order valence-electron chi connectivity index (χ1n) is 11.8. The second kappa shape index (κ2) is 7.77. The van der Waals surface area contributed by atoms with Crippen LogP contribution in [0.2, 0.25) is 0 Å². The van der Waals surface area contributed by atoms with Gasteiger partial charge in [0.1, 0.15) is 12.7 Å². The summed E-state index contributed by atoms with van der Waals surface area (Å²) in [6, 6.07) is 0. The first-order chi connectivity index (χ1) is 15.7. The van der Waals surface area contributed by atoms with Crippen LogP contribution in [0, 0.1) is 35.0 Å². The van der Waals surface area contributed by atoms with Crippen LogP contribution in [0.25, 0.3) is 0 Å². The molecule has 0 aliphatic heterocycles. The maximum Gasteiger partial charge on any atom is 0.303 e. The molecule has 0 aromatic carbocycles. The largest absolute Gasteiger partial charge is 0.461 e. The summed E-state index contributed by atoms with van der Waals surface area (Å²) in [5.74, 6) is -4.07. The Labute approximate surface area is 199 Å². The molecule has 4 rings (SSSR count). The maximum atomic E-state index is 13.1. The van der Waals surface area contributed by atoms with Crippen molar-refractivity contribution in [3.8, 4) is 0 Å². The number of carbonyl (C=O) groups is 4. The second-order valence-corrected chi connectivity index (χ2v) is 11.0. The molecular formula is C26H34O8. The summed E-state index contributed by atoms with van der Waals surface area (Å²) in [6.45, 7) is 11.4. The topological polar surface area (TPSA) is 116 Å². The predicted octanol–water partition coefficient (Wildman–Crippen LogP) is 2.53. The van der Waals surface area contributed by atoms with E-state index in [4.69, 9.17) is 14.2 Å². The summed E-state index contributed by atoms with van der Waals surface area (Å²) >= 11 is 0. The summed E-state index contributed by atoms with van der Waals surface area (Å²) in [5, 5.41) is 12.5. The summed E-state index contributed by atoms with van der Waals surface area (Å²) in [7, 11) is 0. The van der Waals surface area contributed by atoms with Crippen molar-refractivity contribution >= 4 is 23.7 Å². The van der Waals surface area contributed by atoms with Crippen LogP contribution >= 0.6 is 0 Å². The number of rotatable bonds is 4. The number of esters is 3. The van der Waals surface area contributed by atoms with Gasteiger partial charge < -0.3 is 19.3 Å². The first-order valence-corrected chi connectivity index (χ1v) is 11.8. The maximum absolute atomic E-state index is 13.1. The Balaban J connectivity index is 1.91. The second-order valence-electron chi connectivity index (χ2n) is 11.0. The number of fused-ring (bicyclic) bond motifs is 5. The summed E-state index contributed by atoms with van der Waals surface area (Å²) in [4.78, 5) is 49.0. The Kier molecular flexibility index (Phi) is 5.63. The van der Waals surface area contributed by atoms with E-state index in [1.807, 2.05) is 26.0 Å². The molecule has 8 heteroatoms. The zero-order chi connectivity index (χ0) is 25.4. The van der Waals surface area contributed by atoms with Gasteiger partial charge in [-0.15, -0.1) is 0 Å². The predicted molar refractivity (Wildman–Crippen MR) is 120 cm³/mol. The third kappa shape index (κ3) is 3.21. The van der Waals surface area contributed by atoms with Crippen molar-refractivity contribution in [2.45, 2.75) is 72.2 Å². The molecule has 186 valence electrons. The molecule has 8 unspecified atom stereocenters. The minimum absolute atomic E-state index is 0.0208. The van der Waals surface area contributed by atoms with E-state index in [9.17, 15) is 24.3 Å². The Morgan fingerprint density at radius 1 is 1.06 bits per heavy atom. The molecule has 1 N–H and O–H groups in total. The quantitative estimate of drug-likeness (QED) is 0.375. The Bertz CT molecular complexity index is 1020. The van der Waals surface area contributed by atoms with Gasteiger partial charge in [0.05, 0.1) is 5.60 Å². The number of aliphatic hydroxyl groups is 1. The average Bonchev–Trinajstić information content (AvgIpc) is 3.10. The molecule has 8 atom stereocenters. The van der Waals surface area contributed by atoms with Crippen LogP contribution in [0.3, 0.4) is 0 Å². The lowest BCUT2D eigenvalue weighted by Crippen LogP contribution is -2.63. The lowest BCUT2D eigenvalue weighted by molar-refractivity contribution is -0.218. The van der Waals surface area contributed by atoms with Gasteiger partial charge in [0, 0.05) is 55.8 Å². The molecule has 2 fully saturated rings. The summed E-state index contributed by atoms with van der Waals surface area (Å²) in [6.07, 6.45) is 3.21. The molecule has 2 saturated carbocycles. The highest BCUT2D eigenvalue weighted by Gasteiger charge is 2.87. The van der Waals surface area contributed by atoms with Gasteiger partial charge in [-0.1, -0.05) is 32.9 Å². The van der Waals surface area contributed by atoms with E-state index in [1.54, 1.807) is 13.8 Å². The number of allylic oxidation sites excluding steroid dienone is 1. The van der Waals surface area contributed by atoms with E-state index in [1.165, 1.54) is 20.8 Å². The third-order valence-electron chi connectivity index (χ3n) is 8.75. The fourth-order valence-corrected chi connectivity index (χ4v) is 7.36. The number of ether oxygens (including phenoxy) is 3. The van der Waals surface area contributed by atoms with Crippen molar-refractivity contribution in [2.24, 2.45) is 35.0 Å². The van der Waals surface area contributed by atoms with Gasteiger partial charge in [-0.3, -0.25) is 19.2 Å². The van der Waals surface area contributed by atoms with Gasteiger partial charge in [-0.25, -0.2) is 0 Å². The monoisotopic (exact) mass is 474 g/mol. The highest BCUT2D eigenvalue weighted by molar-refractivity contribution is 6.00. The SMILES string of the molecule is CC(=O)OCC1=CC2C3C(C)(C)C3(OC(C)=O)C(OC(C)=O)C(C)C2(O)C2C=C(C)C(=O)C2C1. The lowest BCUT2D eigenvalue weighted by Gasteiger charge is -2.52. The van der Waals surface area contributed by atoms with Gasteiger partial charge >= 0.3 is 17.9 Å². The normalized spacial score (nSPS) is 41.6. The van der Waals surface area contributed by atoms with Crippen molar-refractivity contribution < 1.29 is 38.5 Å². The van der Waals surface area contributed by atoms with Crippen molar-refractivity contribution in [3.05, 3.63) is 23.3 Å². The Morgan fingerprint density at radius 2 is 1.71 bits per heavy atom. The molecule has 0 aromatic heterocycles. The standard InChI is InChI=1S/C26H34O8/c1-12-8-19-18(21(12)30)9-17(11-32-14(3)27)10-20-22-24(6,7)26(22,34-16(5)29)23(33-15(4)28)13(2)25(19,20)31/h8,10,13,18-20,22-23,31H,9,11H2,1-7H3. The van der Waals surface area contributed by atoms with Crippen molar-refractivity contribution in [3.63, 3.8) is 0 Å². The van der Waals surface area contributed by atoms with Crippen LogP contribution < -0.4 is 0 Å². The van der Waals surface area contributed by atoms with Gasteiger partial charge in [0.2, 0.25) is 0 Å². The molecule has 0 aromatic rings. The molecule has 34 heavy (non-hydrogen) atoms. The van der Waals surface area contributed by atoms with Crippen LogP contribution in [0.5, 0.6) is 0 Å². The molecule has 0 bridgehead atoms. The molecule has 0 heterocycles. The summed E-state index contributed by atoms with van der Waals surface area (Å²) < 4.78 is 17.0. The number of hydrogen-bond donors (Lipinski definition) is 1. The van der Waals surface area contributed by atoms with E-state index >= 15 is 0 Å². The number of carbonyl (C=O) groups excluding carboxylic acids is 4. The first kappa shape index (κ1) is 24.6. The third-order valence-corrected chi connectivity index (χ3v) is 8.75. The molecule has 0 amide bonds. The summed E-state index contributed by atoms with van der Waals surface area (Å²) in [5.41, 5.74) is -1.85. The molecule has 0 spiro atoms. The molecule has 4 aliphatic rings. The zero-order valence-corrected chi connectivity index (χ0v) is 20.8. The number of ketones is 1. The Morgan fingerprint density at radius 3 is 2.26 bits per heavy atom. The van der Waals surface area contributed by atoms with Gasteiger partial charge in [0.25, 0.3) is 0 Å². The van der Waals surface area contributed by atoms with Crippen molar-refractivity contribution in [1.29, 1.82) is 0 Å². The number of Topliss-reactive ketones (excluding diaryl/α,β-unsaturated/α-hetero) is 1. The molecule has 8 nitrogen and oxygen atoms in total. The van der Waals surface area contributed by atoms with E-state index in [2.05, 4.69) is 0 Å². The van der Waals surface area contributed by atoms with Crippen LogP contribution in [-0.2, 0) is 33.4 Å². The average molecular weight is 475 g/mol. The van der Waals surface area contributed by atoms with Crippen LogP contribution in [0.15, 0.2) is 23.3 Å². The smallest absolute Gasteiger partial charge is 0.303 e. The van der Waals surface area contributed by atoms with Crippen molar-refractivity contribution in [1.82, 2.24) is 0 Å². The highest BCUT2D eigenvalue weighted by atomic mass is 16.6. The van der Waals surface area contributed by atoms with Crippen LogP contribution in [0.4, 0.5) is 0 Å². The highest BCUT2D eigenvalue weighted by Crippen LogP contribution is 2.76. The van der Waals surface area contributed by atoms with E-state index < -0.39 is 64.3 Å². The molecule has 0 saturated heterocycles. The van der Waals surface area contributed by atoms with Gasteiger partial charge in [0.15, 0.2) is 11.4 Å². The minimum atomic E-state index is -1.45. The lowest BCUT2D eigenvalue weighted by atomic mass is 9.60. The zero-order valence-electron chi connectivity index (χ0n) is 20.8. The van der Waals surface area contributed by atoms with E-state index in [0.29, 0.717) is 12.0 Å². The van der Waals surface area contributed by atoms with Crippen LogP contribution in [0.1, 0.15) is 54.9 Å².